The molecule has 0 bridgehead atoms. The van der Waals surface area contributed by atoms with E-state index in [1.807, 2.05) is 30.3 Å². The number of halogens is 3. The van der Waals surface area contributed by atoms with Crippen LogP contribution < -0.4 is 0 Å². The first-order chi connectivity index (χ1) is 10.0. The number of benzene rings is 2. The summed E-state index contributed by atoms with van der Waals surface area (Å²) in [4.78, 5) is 5.37. The van der Waals surface area contributed by atoms with Crippen LogP contribution in [0, 0.1) is 0 Å². The summed E-state index contributed by atoms with van der Waals surface area (Å²) in [6.07, 6.45) is -4.31. The normalized spacial score (nSPS) is 18.2. The van der Waals surface area contributed by atoms with Gasteiger partial charge in [0.25, 0.3) is 0 Å². The summed E-state index contributed by atoms with van der Waals surface area (Å²) in [6, 6.07) is 14.7. The molecule has 0 N–H and O–H groups in total. The standard InChI is InChI=1S/C15H10F3NOSe/c16-15(17,18)12-8-6-11(7-9-12)14-20-19-13(21-14)10-4-2-1-3-5-10/h1-9,14H. The molecule has 0 saturated carbocycles. The molecule has 3 rings (SSSR count). The van der Waals surface area contributed by atoms with Gasteiger partial charge in [-0.1, -0.05) is 0 Å². The number of hydrogen-bond acceptors (Lipinski definition) is 2. The Balaban J connectivity index is 1.73. The fourth-order valence-electron chi connectivity index (χ4n) is 1.90. The van der Waals surface area contributed by atoms with Crippen molar-refractivity contribution >= 4 is 19.6 Å². The molecule has 1 atom stereocenters. The van der Waals surface area contributed by atoms with Crippen molar-refractivity contribution in [1.82, 2.24) is 0 Å². The Morgan fingerprint density at radius 3 is 2.24 bits per heavy atom. The summed E-state index contributed by atoms with van der Waals surface area (Å²) in [5.74, 6) is 0. The van der Waals surface area contributed by atoms with Crippen LogP contribution in [0.2, 0.25) is 0 Å². The van der Waals surface area contributed by atoms with Gasteiger partial charge in [-0.05, 0) is 0 Å². The van der Waals surface area contributed by atoms with E-state index in [1.54, 1.807) is 0 Å². The van der Waals surface area contributed by atoms with Crippen LogP contribution in [0.1, 0.15) is 21.7 Å². The topological polar surface area (TPSA) is 21.6 Å². The Hall–Kier alpha value is -1.78. The number of nitrogens with zero attached hydrogens (tertiary/aromatic N) is 1. The minimum atomic E-state index is -4.31. The van der Waals surface area contributed by atoms with Crippen LogP contribution >= 0.6 is 0 Å². The Labute approximate surface area is 125 Å². The van der Waals surface area contributed by atoms with Crippen LogP contribution in [-0.4, -0.2) is 19.6 Å². The van der Waals surface area contributed by atoms with E-state index in [-0.39, 0.29) is 20.0 Å². The van der Waals surface area contributed by atoms with Gasteiger partial charge in [-0.15, -0.1) is 0 Å². The Morgan fingerprint density at radius 2 is 1.62 bits per heavy atom. The van der Waals surface area contributed by atoms with E-state index in [9.17, 15) is 13.2 Å². The van der Waals surface area contributed by atoms with E-state index in [0.29, 0.717) is 0 Å². The predicted octanol–water partition coefficient (Wildman–Crippen LogP) is 3.80. The third-order valence-corrected chi connectivity index (χ3v) is 5.30. The molecule has 2 aromatic carbocycles. The zero-order valence-corrected chi connectivity index (χ0v) is 12.4. The van der Waals surface area contributed by atoms with Gasteiger partial charge in [-0.2, -0.15) is 0 Å². The van der Waals surface area contributed by atoms with Crippen LogP contribution in [0.15, 0.2) is 59.8 Å². The molecular formula is C15H10F3NOSe. The SMILES string of the molecule is FC(F)(F)c1ccc(C2ON=C(c3ccccc3)[Se]2)cc1. The van der Waals surface area contributed by atoms with Crippen molar-refractivity contribution in [2.45, 2.75) is 11.2 Å². The molecule has 0 aromatic heterocycles. The van der Waals surface area contributed by atoms with Crippen LogP contribution in [0.3, 0.4) is 0 Å². The molecule has 1 aliphatic rings. The summed E-state index contributed by atoms with van der Waals surface area (Å²) in [7, 11) is 0. The maximum atomic E-state index is 12.5. The van der Waals surface area contributed by atoms with Gasteiger partial charge < -0.3 is 0 Å². The van der Waals surface area contributed by atoms with Gasteiger partial charge in [-0.25, -0.2) is 0 Å². The average molecular weight is 356 g/mol. The third kappa shape index (κ3) is 3.12. The fraction of sp³-hybridized carbons (Fsp3) is 0.133. The first-order valence-corrected chi connectivity index (χ1v) is 8.01. The molecule has 0 radical (unpaired) electrons. The second-order valence-corrected chi connectivity index (χ2v) is 6.64. The monoisotopic (exact) mass is 357 g/mol. The summed E-state index contributed by atoms with van der Waals surface area (Å²) >= 11 is -0.0684. The van der Waals surface area contributed by atoms with Crippen molar-refractivity contribution in [3.63, 3.8) is 0 Å². The molecule has 2 nitrogen and oxygen atoms in total. The van der Waals surface area contributed by atoms with Gasteiger partial charge in [-0.3, -0.25) is 0 Å². The molecule has 1 aliphatic heterocycles. The van der Waals surface area contributed by atoms with E-state index < -0.39 is 11.7 Å². The second kappa shape index (κ2) is 5.54. The first kappa shape index (κ1) is 14.2. The van der Waals surface area contributed by atoms with Gasteiger partial charge >= 0.3 is 125 Å². The molecule has 0 amide bonds. The van der Waals surface area contributed by atoms with Crippen LogP contribution in [0.4, 0.5) is 13.2 Å². The van der Waals surface area contributed by atoms with Crippen molar-refractivity contribution in [3.8, 4) is 0 Å². The fourth-order valence-corrected chi connectivity index (χ4v) is 3.87. The molecule has 0 spiro atoms. The number of hydrogen-bond donors (Lipinski definition) is 0. The number of oxime groups is 1. The molecule has 108 valence electrons. The average Bonchev–Trinajstić information content (AvgIpc) is 2.97. The number of rotatable bonds is 2. The summed E-state index contributed by atoms with van der Waals surface area (Å²) in [5.41, 5.74) is 1.06. The Kier molecular flexibility index (Phi) is 3.74. The van der Waals surface area contributed by atoms with Gasteiger partial charge in [0.2, 0.25) is 0 Å². The molecular weight excluding hydrogens is 346 g/mol. The summed E-state index contributed by atoms with van der Waals surface area (Å²) in [6.45, 7) is 0. The minimum absolute atomic E-state index is 0.0684. The van der Waals surface area contributed by atoms with Crippen molar-refractivity contribution in [2.75, 3.05) is 0 Å². The van der Waals surface area contributed by atoms with E-state index in [4.69, 9.17) is 4.84 Å². The van der Waals surface area contributed by atoms with E-state index in [2.05, 4.69) is 5.16 Å². The predicted molar refractivity (Wildman–Crippen MR) is 74.0 cm³/mol. The first-order valence-electron chi connectivity index (χ1n) is 6.17. The summed E-state index contributed by atoms with van der Waals surface area (Å²) < 4.78 is 38.5. The number of alkyl halides is 3. The van der Waals surface area contributed by atoms with Gasteiger partial charge in [0.05, 0.1) is 0 Å². The molecule has 2 aromatic rings. The van der Waals surface area contributed by atoms with Gasteiger partial charge in [0, 0.05) is 0 Å². The van der Waals surface area contributed by atoms with Crippen molar-refractivity contribution < 1.29 is 18.0 Å². The van der Waals surface area contributed by atoms with Gasteiger partial charge in [0.15, 0.2) is 0 Å². The van der Waals surface area contributed by atoms with Crippen LogP contribution in [-0.2, 0) is 11.0 Å². The van der Waals surface area contributed by atoms with Crippen molar-refractivity contribution in [2.24, 2.45) is 5.16 Å². The Bertz CT molecular complexity index is 653. The maximum absolute atomic E-state index is 12.5. The summed E-state index contributed by atoms with van der Waals surface area (Å²) in [5, 5.41) is 3.79. The third-order valence-electron chi connectivity index (χ3n) is 2.98. The zero-order chi connectivity index (χ0) is 14.9. The quantitative estimate of drug-likeness (QED) is 0.750. The van der Waals surface area contributed by atoms with E-state index in [1.165, 1.54) is 12.1 Å². The van der Waals surface area contributed by atoms with Crippen molar-refractivity contribution in [3.05, 3.63) is 71.3 Å². The van der Waals surface area contributed by atoms with E-state index >= 15 is 0 Å². The van der Waals surface area contributed by atoms with Gasteiger partial charge in [0.1, 0.15) is 0 Å². The molecule has 6 heteroatoms. The molecule has 1 unspecified atom stereocenters. The molecule has 0 saturated heterocycles. The molecule has 21 heavy (non-hydrogen) atoms. The molecule has 1 heterocycles. The molecule has 0 aliphatic carbocycles. The zero-order valence-electron chi connectivity index (χ0n) is 10.7. The second-order valence-electron chi connectivity index (χ2n) is 4.44. The van der Waals surface area contributed by atoms with Crippen molar-refractivity contribution in [1.29, 1.82) is 0 Å². The van der Waals surface area contributed by atoms with Crippen LogP contribution in [0.25, 0.3) is 0 Å². The van der Waals surface area contributed by atoms with E-state index in [0.717, 1.165) is 27.9 Å². The van der Waals surface area contributed by atoms with Crippen LogP contribution in [0.5, 0.6) is 0 Å². The Morgan fingerprint density at radius 1 is 0.952 bits per heavy atom. The molecule has 0 fully saturated rings.